The van der Waals surface area contributed by atoms with Crippen molar-refractivity contribution in [2.24, 2.45) is 0 Å². The van der Waals surface area contributed by atoms with E-state index < -0.39 is 22.0 Å². The van der Waals surface area contributed by atoms with Gasteiger partial charge in [-0.3, -0.25) is 4.79 Å². The van der Waals surface area contributed by atoms with Gasteiger partial charge in [-0.2, -0.15) is 4.31 Å². The Morgan fingerprint density at radius 1 is 1.50 bits per heavy atom. The molecule has 1 unspecified atom stereocenters. The molecule has 0 aliphatic carbocycles. The summed E-state index contributed by atoms with van der Waals surface area (Å²) in [5.74, 6) is -0.493. The molecule has 0 aromatic carbocycles. The summed E-state index contributed by atoms with van der Waals surface area (Å²) < 4.78 is 27.5. The number of hydrogen-bond donors (Lipinski definition) is 0. The van der Waals surface area contributed by atoms with Crippen molar-refractivity contribution in [3.8, 4) is 0 Å². The van der Waals surface area contributed by atoms with E-state index in [4.69, 9.17) is 0 Å². The van der Waals surface area contributed by atoms with Crippen LogP contribution in [0.15, 0.2) is 0 Å². The number of methoxy groups -OCH3 is 1. The Labute approximate surface area is 71.4 Å². The first-order chi connectivity index (χ1) is 5.39. The highest BCUT2D eigenvalue weighted by Gasteiger charge is 2.55. The average Bonchev–Trinajstić information content (AvgIpc) is 2.59. The lowest BCUT2D eigenvalue weighted by Crippen LogP contribution is -2.18. The molecule has 0 saturated carbocycles. The van der Waals surface area contributed by atoms with Gasteiger partial charge in [0, 0.05) is 0 Å². The van der Waals surface area contributed by atoms with Crippen molar-refractivity contribution < 1.29 is 17.9 Å². The largest absolute Gasteiger partial charge is 0.468 e. The number of nitrogens with zero attached hydrogens (tertiary/aromatic N) is 1. The summed E-state index contributed by atoms with van der Waals surface area (Å²) in [5, 5.41) is 0. The van der Waals surface area contributed by atoms with Crippen LogP contribution < -0.4 is 0 Å². The molecule has 6 heteroatoms. The molecule has 0 N–H and O–H groups in total. The third-order valence-corrected chi connectivity index (χ3v) is 3.19. The van der Waals surface area contributed by atoms with E-state index in [0.717, 1.165) is 10.6 Å². The summed E-state index contributed by atoms with van der Waals surface area (Å²) >= 11 is 0. The molecular formula is C6H11NO4S. The van der Waals surface area contributed by atoms with E-state index in [0.29, 0.717) is 0 Å². The molecule has 0 aromatic heterocycles. The Balaban J connectivity index is 2.73. The van der Waals surface area contributed by atoms with Crippen LogP contribution in [0.2, 0.25) is 0 Å². The van der Waals surface area contributed by atoms with E-state index >= 15 is 0 Å². The van der Waals surface area contributed by atoms with Crippen molar-refractivity contribution in [1.82, 2.24) is 4.31 Å². The summed E-state index contributed by atoms with van der Waals surface area (Å²) in [6.45, 7) is 1.67. The van der Waals surface area contributed by atoms with Crippen molar-refractivity contribution in [2.75, 3.05) is 13.4 Å². The summed E-state index contributed by atoms with van der Waals surface area (Å²) in [5.41, 5.74) is 0. The van der Waals surface area contributed by atoms with E-state index in [1.54, 1.807) is 6.92 Å². The van der Waals surface area contributed by atoms with Gasteiger partial charge in [-0.25, -0.2) is 8.42 Å². The molecule has 70 valence electrons. The van der Waals surface area contributed by atoms with E-state index in [1.165, 1.54) is 7.11 Å². The van der Waals surface area contributed by atoms with E-state index in [9.17, 15) is 13.2 Å². The van der Waals surface area contributed by atoms with Gasteiger partial charge in [-0.15, -0.1) is 0 Å². The van der Waals surface area contributed by atoms with Gasteiger partial charge in [0.15, 0.2) is 0 Å². The van der Waals surface area contributed by atoms with Gasteiger partial charge in [0.25, 0.3) is 0 Å². The van der Waals surface area contributed by atoms with Gasteiger partial charge < -0.3 is 4.74 Å². The second-order valence-corrected chi connectivity index (χ2v) is 4.69. The molecule has 1 aliphatic heterocycles. The van der Waals surface area contributed by atoms with Crippen molar-refractivity contribution in [1.29, 1.82) is 0 Å². The summed E-state index contributed by atoms with van der Waals surface area (Å²) in [6, 6.07) is -0.863. The highest BCUT2D eigenvalue weighted by Crippen LogP contribution is 2.31. The van der Waals surface area contributed by atoms with Crippen LogP contribution in [0.3, 0.4) is 0 Å². The predicted molar refractivity (Wildman–Crippen MR) is 41.9 cm³/mol. The molecule has 1 heterocycles. The van der Waals surface area contributed by atoms with Crippen molar-refractivity contribution in [2.45, 2.75) is 19.0 Å². The maximum atomic E-state index is 11.0. The minimum atomic E-state index is -3.25. The van der Waals surface area contributed by atoms with Crippen LogP contribution in [-0.2, 0) is 19.6 Å². The SMILES string of the molecule is COC(=O)[C@H]1[C@H](C)N1S(C)(=O)=O. The number of rotatable bonds is 2. The van der Waals surface area contributed by atoms with Gasteiger partial charge >= 0.3 is 5.97 Å². The van der Waals surface area contributed by atoms with E-state index in [-0.39, 0.29) is 6.04 Å². The molecule has 5 nitrogen and oxygen atoms in total. The minimum absolute atomic E-state index is 0.257. The minimum Gasteiger partial charge on any atom is -0.468 e. The Hall–Kier alpha value is -0.620. The number of sulfonamides is 1. The molecular weight excluding hydrogens is 182 g/mol. The second kappa shape index (κ2) is 2.70. The third kappa shape index (κ3) is 1.44. The maximum Gasteiger partial charge on any atom is 0.325 e. The van der Waals surface area contributed by atoms with Gasteiger partial charge in [0.05, 0.1) is 19.4 Å². The lowest BCUT2D eigenvalue weighted by Gasteiger charge is -1.97. The summed E-state index contributed by atoms with van der Waals surface area (Å²) in [6.07, 6.45) is 1.08. The van der Waals surface area contributed by atoms with Gasteiger partial charge in [0.2, 0.25) is 10.0 Å². The smallest absolute Gasteiger partial charge is 0.325 e. The first kappa shape index (κ1) is 9.47. The molecule has 0 spiro atoms. The van der Waals surface area contributed by atoms with Crippen LogP contribution in [-0.4, -0.2) is 44.1 Å². The molecule has 1 rings (SSSR count). The lowest BCUT2D eigenvalue weighted by atomic mass is 10.3. The van der Waals surface area contributed by atoms with Gasteiger partial charge in [-0.1, -0.05) is 0 Å². The molecule has 1 saturated heterocycles. The number of carbonyl (C=O) groups is 1. The standard InChI is InChI=1S/C6H11NO4S/c1-4-5(6(8)11-2)7(4)12(3,9)10/h4-5H,1-3H3/t4-,5+,7?/m0/s1. The predicted octanol–water partition coefficient (Wildman–Crippen LogP) is -0.808. The zero-order valence-corrected chi connectivity index (χ0v) is 7.96. The van der Waals surface area contributed by atoms with Crippen molar-refractivity contribution in [3.05, 3.63) is 0 Å². The van der Waals surface area contributed by atoms with Gasteiger partial charge in [0.1, 0.15) is 6.04 Å². The van der Waals surface area contributed by atoms with Crippen LogP contribution in [0.1, 0.15) is 6.92 Å². The molecule has 0 amide bonds. The molecule has 1 fully saturated rings. The third-order valence-electron chi connectivity index (χ3n) is 1.87. The fourth-order valence-corrected chi connectivity index (χ4v) is 2.59. The van der Waals surface area contributed by atoms with Crippen LogP contribution in [0, 0.1) is 0 Å². The van der Waals surface area contributed by atoms with Crippen LogP contribution in [0.25, 0.3) is 0 Å². The highest BCUT2D eigenvalue weighted by atomic mass is 32.2. The average molecular weight is 193 g/mol. The maximum absolute atomic E-state index is 11.0. The number of ether oxygens (including phenoxy) is 1. The zero-order valence-electron chi connectivity index (χ0n) is 7.14. The fourth-order valence-electron chi connectivity index (χ4n) is 1.25. The normalized spacial score (nSPS) is 34.4. The van der Waals surface area contributed by atoms with Crippen molar-refractivity contribution in [3.63, 3.8) is 0 Å². The Bertz CT molecular complexity index is 297. The number of esters is 1. The first-order valence-corrected chi connectivity index (χ1v) is 5.30. The number of hydrogen-bond acceptors (Lipinski definition) is 4. The van der Waals surface area contributed by atoms with Crippen molar-refractivity contribution >= 4 is 16.0 Å². The molecule has 3 atom stereocenters. The Morgan fingerprint density at radius 3 is 2.25 bits per heavy atom. The topological polar surface area (TPSA) is 63.5 Å². The molecule has 0 bridgehead atoms. The lowest BCUT2D eigenvalue weighted by molar-refractivity contribution is -0.140. The highest BCUT2D eigenvalue weighted by molar-refractivity contribution is 7.88. The van der Waals surface area contributed by atoms with E-state index in [1.807, 2.05) is 0 Å². The summed E-state index contributed by atoms with van der Waals surface area (Å²) in [7, 11) is -2.01. The number of carbonyl (C=O) groups excluding carboxylic acids is 1. The Morgan fingerprint density at radius 2 is 2.00 bits per heavy atom. The van der Waals surface area contributed by atoms with Crippen LogP contribution in [0.4, 0.5) is 0 Å². The van der Waals surface area contributed by atoms with Crippen LogP contribution in [0.5, 0.6) is 0 Å². The Kier molecular flexibility index (Phi) is 2.13. The molecule has 0 aromatic rings. The molecule has 12 heavy (non-hydrogen) atoms. The summed E-state index contributed by atoms with van der Waals surface area (Å²) in [4.78, 5) is 10.9. The zero-order chi connectivity index (χ0) is 9.52. The van der Waals surface area contributed by atoms with Crippen LogP contribution >= 0.6 is 0 Å². The quantitative estimate of drug-likeness (QED) is 0.425. The fraction of sp³-hybridized carbons (Fsp3) is 0.833. The molecule has 1 aliphatic rings. The second-order valence-electron chi connectivity index (χ2n) is 2.80. The monoisotopic (exact) mass is 193 g/mol. The van der Waals surface area contributed by atoms with Gasteiger partial charge in [-0.05, 0) is 6.92 Å². The van der Waals surface area contributed by atoms with E-state index in [2.05, 4.69) is 4.74 Å². The first-order valence-electron chi connectivity index (χ1n) is 3.46. The molecule has 0 radical (unpaired) electrons.